The minimum atomic E-state index is -0.741. The van der Waals surface area contributed by atoms with Gasteiger partial charge in [0.2, 0.25) is 0 Å². The maximum Gasteiger partial charge on any atom is 0.358 e. The van der Waals surface area contributed by atoms with Crippen molar-refractivity contribution in [2.45, 2.75) is 0 Å². The summed E-state index contributed by atoms with van der Waals surface area (Å²) >= 11 is 0. The molecule has 0 spiro atoms. The molecule has 2 rings (SSSR count). The molecule has 0 bridgehead atoms. The highest BCUT2D eigenvalue weighted by atomic mass is 16.6. The minimum absolute atomic E-state index is 0.129. The molecule has 0 aliphatic carbocycles. The number of fused-ring (bicyclic) bond motifs is 1. The predicted octanol–water partition coefficient (Wildman–Crippen LogP) is 0.873. The van der Waals surface area contributed by atoms with E-state index in [9.17, 15) is 14.9 Å². The third-order valence-electron chi connectivity index (χ3n) is 2.18. The largest absolute Gasteiger partial charge is 0.381 e. The van der Waals surface area contributed by atoms with Crippen LogP contribution in [0, 0.1) is 10.1 Å². The molecule has 0 fully saturated rings. The van der Waals surface area contributed by atoms with E-state index in [0.717, 1.165) is 0 Å². The van der Waals surface area contributed by atoms with Crippen molar-refractivity contribution >= 4 is 22.4 Å². The molecule has 0 aromatic carbocycles. The van der Waals surface area contributed by atoms with Gasteiger partial charge in [0.05, 0.1) is 10.4 Å². The quantitative estimate of drug-likeness (QED) is 0.577. The summed E-state index contributed by atoms with van der Waals surface area (Å²) in [5.74, 6) is 0. The van der Waals surface area contributed by atoms with Crippen LogP contribution in [0.25, 0.3) is 11.0 Å². The molecule has 0 aliphatic rings. The molecule has 2 aromatic rings. The second-order valence-electron chi connectivity index (χ2n) is 3.08. The molecule has 0 unspecified atom stereocenters. The second-order valence-corrected chi connectivity index (χ2v) is 3.08. The lowest BCUT2D eigenvalue weighted by molar-refractivity contribution is -0.385. The zero-order valence-electron chi connectivity index (χ0n) is 8.35. The van der Waals surface area contributed by atoms with E-state index in [0.29, 0.717) is 11.0 Å². The molecule has 2 aromatic heterocycles. The van der Waals surface area contributed by atoms with Crippen LogP contribution in [0.1, 0.15) is 0 Å². The summed E-state index contributed by atoms with van der Waals surface area (Å²) in [6, 6.07) is 3.28. The van der Waals surface area contributed by atoms with Crippen molar-refractivity contribution in [3.8, 4) is 0 Å². The van der Waals surface area contributed by atoms with Gasteiger partial charge in [0.15, 0.2) is 0 Å². The van der Waals surface area contributed by atoms with Gasteiger partial charge in [-0.2, -0.15) is 0 Å². The molecule has 0 saturated heterocycles. The van der Waals surface area contributed by atoms with Crippen molar-refractivity contribution in [3.05, 3.63) is 38.8 Å². The first kappa shape index (κ1) is 10.1. The lowest BCUT2D eigenvalue weighted by Gasteiger charge is -2.04. The van der Waals surface area contributed by atoms with Crippen molar-refractivity contribution in [3.63, 3.8) is 0 Å². The molecular formula is C9H8N4O3. The van der Waals surface area contributed by atoms with Crippen molar-refractivity contribution < 1.29 is 4.92 Å². The molecule has 7 nitrogen and oxygen atoms in total. The lowest BCUT2D eigenvalue weighted by atomic mass is 10.2. The zero-order chi connectivity index (χ0) is 11.7. The molecule has 2 N–H and O–H groups in total. The Bertz CT molecular complexity index is 620. The summed E-state index contributed by atoms with van der Waals surface area (Å²) in [5, 5.41) is 13.4. The number of anilines is 1. The molecule has 0 aliphatic heterocycles. The fourth-order valence-corrected chi connectivity index (χ4v) is 1.52. The zero-order valence-corrected chi connectivity index (χ0v) is 8.35. The van der Waals surface area contributed by atoms with Crippen LogP contribution in [0.4, 0.5) is 11.4 Å². The molecule has 82 valence electrons. The van der Waals surface area contributed by atoms with E-state index in [1.807, 2.05) is 0 Å². The van der Waals surface area contributed by atoms with Gasteiger partial charge in [-0.1, -0.05) is 0 Å². The van der Waals surface area contributed by atoms with Crippen LogP contribution in [0.3, 0.4) is 0 Å². The first-order valence-corrected chi connectivity index (χ1v) is 4.48. The van der Waals surface area contributed by atoms with Gasteiger partial charge in [0.25, 0.3) is 0 Å². The Hall–Kier alpha value is -2.44. The normalized spacial score (nSPS) is 10.3. The molecule has 0 saturated carbocycles. The van der Waals surface area contributed by atoms with E-state index < -0.39 is 16.2 Å². The van der Waals surface area contributed by atoms with E-state index in [1.165, 1.54) is 13.2 Å². The van der Waals surface area contributed by atoms with E-state index in [4.69, 9.17) is 0 Å². The van der Waals surface area contributed by atoms with E-state index >= 15 is 0 Å². The summed E-state index contributed by atoms with van der Waals surface area (Å²) in [7, 11) is 1.51. The topological polar surface area (TPSA) is 101 Å². The van der Waals surface area contributed by atoms with Gasteiger partial charge in [-0.25, -0.2) is 0 Å². The third-order valence-corrected chi connectivity index (χ3v) is 2.18. The summed E-state index contributed by atoms with van der Waals surface area (Å²) in [5.41, 5.74) is -0.299. The number of rotatable bonds is 2. The van der Waals surface area contributed by atoms with Gasteiger partial charge in [0, 0.05) is 13.2 Å². The number of pyridine rings is 2. The summed E-state index contributed by atoms with van der Waals surface area (Å²) < 4.78 is 0. The fourth-order valence-electron chi connectivity index (χ4n) is 1.52. The smallest absolute Gasteiger partial charge is 0.358 e. The van der Waals surface area contributed by atoms with Crippen LogP contribution in [-0.2, 0) is 0 Å². The summed E-state index contributed by atoms with van der Waals surface area (Å²) in [6.45, 7) is 0. The Morgan fingerprint density at radius 2 is 2.31 bits per heavy atom. The van der Waals surface area contributed by atoms with Gasteiger partial charge in [-0.05, 0) is 12.1 Å². The van der Waals surface area contributed by atoms with Crippen molar-refractivity contribution in [1.82, 2.24) is 9.97 Å². The number of aromatic nitrogens is 2. The van der Waals surface area contributed by atoms with E-state index in [-0.39, 0.29) is 5.69 Å². The third kappa shape index (κ3) is 1.38. The fraction of sp³-hybridized carbons (Fsp3) is 0.111. The van der Waals surface area contributed by atoms with Gasteiger partial charge in [-0.15, -0.1) is 0 Å². The maximum atomic E-state index is 11.5. The highest BCUT2D eigenvalue weighted by Crippen LogP contribution is 2.25. The Kier molecular flexibility index (Phi) is 2.28. The maximum absolute atomic E-state index is 11.5. The van der Waals surface area contributed by atoms with Crippen LogP contribution in [0.2, 0.25) is 0 Å². The molecule has 7 heteroatoms. The number of nitrogens with zero attached hydrogens (tertiary/aromatic N) is 2. The van der Waals surface area contributed by atoms with Crippen LogP contribution in [0.15, 0.2) is 23.1 Å². The number of hydrogen-bond donors (Lipinski definition) is 2. The van der Waals surface area contributed by atoms with E-state index in [2.05, 4.69) is 15.3 Å². The minimum Gasteiger partial charge on any atom is -0.381 e. The molecule has 0 atom stereocenters. The van der Waals surface area contributed by atoms with Crippen LogP contribution >= 0.6 is 0 Å². The molecular weight excluding hydrogens is 212 g/mol. The number of nitro groups is 1. The number of hydrogen-bond acceptors (Lipinski definition) is 5. The monoisotopic (exact) mass is 220 g/mol. The summed E-state index contributed by atoms with van der Waals surface area (Å²) in [4.78, 5) is 27.9. The summed E-state index contributed by atoms with van der Waals surface area (Å²) in [6.07, 6.45) is 1.51. The Balaban J connectivity index is 2.96. The predicted molar refractivity (Wildman–Crippen MR) is 58.6 cm³/mol. The van der Waals surface area contributed by atoms with Crippen LogP contribution < -0.4 is 10.9 Å². The van der Waals surface area contributed by atoms with Gasteiger partial charge in [-0.3, -0.25) is 19.9 Å². The van der Waals surface area contributed by atoms with Crippen LogP contribution in [-0.4, -0.2) is 21.9 Å². The van der Waals surface area contributed by atoms with Crippen molar-refractivity contribution in [2.75, 3.05) is 12.4 Å². The first-order valence-electron chi connectivity index (χ1n) is 4.48. The average Bonchev–Trinajstić information content (AvgIpc) is 2.26. The average molecular weight is 220 g/mol. The number of aromatic amines is 1. The highest BCUT2D eigenvalue weighted by molar-refractivity contribution is 5.92. The Labute approximate surface area is 89.3 Å². The van der Waals surface area contributed by atoms with Crippen LogP contribution in [0.5, 0.6) is 0 Å². The highest BCUT2D eigenvalue weighted by Gasteiger charge is 2.22. The molecule has 0 amide bonds. The Morgan fingerprint density at radius 1 is 1.56 bits per heavy atom. The van der Waals surface area contributed by atoms with E-state index in [1.54, 1.807) is 12.1 Å². The first-order chi connectivity index (χ1) is 7.65. The number of H-pyrrole nitrogens is 1. The SMILES string of the molecule is CNc1c([N+](=O)[O-])c(=O)[nH]c2cccnc12. The standard InChI is InChI=1S/C9H8N4O3/c1-10-7-6-5(3-2-4-11-6)12-9(14)8(7)13(15)16/h2-4H,1H3,(H2,10,12,14). The second kappa shape index (κ2) is 3.61. The van der Waals surface area contributed by atoms with Crippen molar-refractivity contribution in [1.29, 1.82) is 0 Å². The molecule has 16 heavy (non-hydrogen) atoms. The molecule has 0 radical (unpaired) electrons. The number of nitrogens with one attached hydrogen (secondary N) is 2. The Morgan fingerprint density at radius 3 is 2.94 bits per heavy atom. The molecule has 2 heterocycles. The van der Waals surface area contributed by atoms with Crippen molar-refractivity contribution in [2.24, 2.45) is 0 Å². The van der Waals surface area contributed by atoms with Gasteiger partial charge < -0.3 is 10.3 Å². The lowest BCUT2D eigenvalue weighted by Crippen LogP contribution is -2.14. The van der Waals surface area contributed by atoms with Gasteiger partial charge in [0.1, 0.15) is 11.2 Å². The van der Waals surface area contributed by atoms with Gasteiger partial charge >= 0.3 is 11.2 Å².